The summed E-state index contributed by atoms with van der Waals surface area (Å²) in [5.41, 5.74) is 5.01. The van der Waals surface area contributed by atoms with Crippen LogP contribution >= 0.6 is 15.9 Å². The molecule has 0 radical (unpaired) electrons. The van der Waals surface area contributed by atoms with E-state index in [1.807, 2.05) is 25.4 Å². The molecule has 1 unspecified atom stereocenters. The van der Waals surface area contributed by atoms with Crippen molar-refractivity contribution in [3.8, 4) is 0 Å². The molecule has 5 nitrogen and oxygen atoms in total. The Kier molecular flexibility index (Phi) is 4.46. The maximum atomic E-state index is 5.60. The Bertz CT molecular complexity index is 511. The number of nitrogens with one attached hydrogen (secondary N) is 1. The summed E-state index contributed by atoms with van der Waals surface area (Å²) in [6.07, 6.45) is 3.52. The Morgan fingerprint density at radius 2 is 2.28 bits per heavy atom. The number of halogens is 1. The number of hydrogen-bond donors (Lipinski definition) is 2. The normalized spacial score (nSPS) is 12.6. The molecular weight excluding hydrogens is 294 g/mol. The average molecular weight is 310 g/mol. The van der Waals surface area contributed by atoms with E-state index in [1.165, 1.54) is 5.56 Å². The van der Waals surface area contributed by atoms with Crippen molar-refractivity contribution in [2.75, 3.05) is 0 Å². The van der Waals surface area contributed by atoms with Crippen LogP contribution in [0.15, 0.2) is 34.9 Å². The Hall–Kier alpha value is -1.24. The van der Waals surface area contributed by atoms with Crippen molar-refractivity contribution >= 4 is 15.9 Å². The van der Waals surface area contributed by atoms with Crippen LogP contribution in [0.5, 0.6) is 0 Å². The predicted octanol–water partition coefficient (Wildman–Crippen LogP) is 1.19. The number of rotatable bonds is 5. The first-order valence-corrected chi connectivity index (χ1v) is 6.52. The molecule has 1 heterocycles. The number of nitrogens with two attached hydrogens (primary N) is 1. The lowest BCUT2D eigenvalue weighted by Gasteiger charge is -2.14. The van der Waals surface area contributed by atoms with Gasteiger partial charge in [0.2, 0.25) is 0 Å². The zero-order valence-electron chi connectivity index (χ0n) is 10.2. The van der Waals surface area contributed by atoms with Gasteiger partial charge in [0.15, 0.2) is 0 Å². The van der Waals surface area contributed by atoms with Gasteiger partial charge in [0, 0.05) is 30.2 Å². The molecule has 2 rings (SSSR count). The minimum absolute atomic E-state index is 0.149. The van der Waals surface area contributed by atoms with Gasteiger partial charge in [-0.15, -0.1) is 5.10 Å². The third-order valence-electron chi connectivity index (χ3n) is 2.71. The highest BCUT2D eigenvalue weighted by molar-refractivity contribution is 9.10. The summed E-state index contributed by atoms with van der Waals surface area (Å²) < 4.78 is 2.78. The summed E-state index contributed by atoms with van der Waals surface area (Å²) in [6, 6.07) is 8.37. The highest BCUT2D eigenvalue weighted by Gasteiger charge is 2.11. The first kappa shape index (κ1) is 13.2. The molecule has 0 aliphatic rings. The van der Waals surface area contributed by atoms with Gasteiger partial charge in [-0.1, -0.05) is 33.3 Å². The Morgan fingerprint density at radius 3 is 2.89 bits per heavy atom. The van der Waals surface area contributed by atoms with Crippen LogP contribution in [0.25, 0.3) is 0 Å². The molecule has 0 aliphatic carbocycles. The zero-order valence-corrected chi connectivity index (χ0v) is 11.8. The first-order valence-electron chi connectivity index (χ1n) is 5.73. The summed E-state index contributed by atoms with van der Waals surface area (Å²) >= 11 is 3.47. The van der Waals surface area contributed by atoms with Crippen molar-refractivity contribution in [2.24, 2.45) is 12.9 Å². The van der Waals surface area contributed by atoms with Crippen molar-refractivity contribution in [1.82, 2.24) is 20.4 Å². The molecule has 1 atom stereocenters. The van der Waals surface area contributed by atoms with E-state index in [9.17, 15) is 0 Å². The molecule has 3 N–H and O–H groups in total. The van der Waals surface area contributed by atoms with E-state index in [0.717, 1.165) is 23.0 Å². The summed E-state index contributed by atoms with van der Waals surface area (Å²) in [5, 5.41) is 7.99. The number of nitrogens with zero attached hydrogens (tertiary/aromatic N) is 3. The SMILES string of the molecule is Cn1cc(CC(Cc2cccc(Br)c2)NN)nn1. The second-order valence-electron chi connectivity index (χ2n) is 4.29. The van der Waals surface area contributed by atoms with Gasteiger partial charge in [0.1, 0.15) is 0 Å². The lowest BCUT2D eigenvalue weighted by atomic mass is 10.0. The van der Waals surface area contributed by atoms with Crippen molar-refractivity contribution in [3.05, 3.63) is 46.2 Å². The van der Waals surface area contributed by atoms with Crippen molar-refractivity contribution in [2.45, 2.75) is 18.9 Å². The fraction of sp³-hybridized carbons (Fsp3) is 0.333. The molecule has 2 aromatic rings. The second kappa shape index (κ2) is 6.08. The van der Waals surface area contributed by atoms with Gasteiger partial charge in [-0.2, -0.15) is 0 Å². The highest BCUT2D eigenvalue weighted by atomic mass is 79.9. The van der Waals surface area contributed by atoms with Crippen molar-refractivity contribution in [3.63, 3.8) is 0 Å². The maximum absolute atomic E-state index is 5.60. The predicted molar refractivity (Wildman–Crippen MR) is 73.7 cm³/mol. The molecule has 0 saturated carbocycles. The van der Waals surface area contributed by atoms with Crippen LogP contribution in [-0.4, -0.2) is 21.0 Å². The van der Waals surface area contributed by atoms with Crippen LogP contribution in [-0.2, 0) is 19.9 Å². The number of aromatic nitrogens is 3. The van der Waals surface area contributed by atoms with E-state index >= 15 is 0 Å². The molecule has 0 amide bonds. The van der Waals surface area contributed by atoms with Crippen LogP contribution in [0.4, 0.5) is 0 Å². The average Bonchev–Trinajstić information content (AvgIpc) is 2.74. The zero-order chi connectivity index (χ0) is 13.0. The van der Waals surface area contributed by atoms with E-state index < -0.39 is 0 Å². The highest BCUT2D eigenvalue weighted by Crippen LogP contribution is 2.14. The first-order chi connectivity index (χ1) is 8.67. The fourth-order valence-electron chi connectivity index (χ4n) is 1.88. The molecule has 0 fully saturated rings. The minimum atomic E-state index is 0.149. The molecule has 6 heteroatoms. The summed E-state index contributed by atoms with van der Waals surface area (Å²) in [7, 11) is 1.86. The van der Waals surface area contributed by atoms with Gasteiger partial charge in [-0.3, -0.25) is 16.0 Å². The van der Waals surface area contributed by atoms with E-state index in [2.05, 4.69) is 43.8 Å². The minimum Gasteiger partial charge on any atom is -0.271 e. The van der Waals surface area contributed by atoms with E-state index in [-0.39, 0.29) is 6.04 Å². The number of aryl methyl sites for hydroxylation is 1. The largest absolute Gasteiger partial charge is 0.271 e. The number of benzene rings is 1. The quantitative estimate of drug-likeness (QED) is 0.643. The second-order valence-corrected chi connectivity index (χ2v) is 5.20. The Balaban J connectivity index is 2.01. The lowest BCUT2D eigenvalue weighted by molar-refractivity contribution is 0.517. The van der Waals surface area contributed by atoms with Gasteiger partial charge in [-0.25, -0.2) is 0 Å². The third kappa shape index (κ3) is 3.63. The van der Waals surface area contributed by atoms with Crippen LogP contribution in [0.3, 0.4) is 0 Å². The van der Waals surface area contributed by atoms with Crippen LogP contribution in [0, 0.1) is 0 Å². The summed E-state index contributed by atoms with van der Waals surface area (Å²) in [5.74, 6) is 5.60. The molecule has 1 aromatic carbocycles. The van der Waals surface area contributed by atoms with Crippen molar-refractivity contribution in [1.29, 1.82) is 0 Å². The lowest BCUT2D eigenvalue weighted by Crippen LogP contribution is -2.38. The van der Waals surface area contributed by atoms with Gasteiger partial charge in [0.05, 0.1) is 5.69 Å². The Morgan fingerprint density at radius 1 is 1.44 bits per heavy atom. The number of hydrogen-bond acceptors (Lipinski definition) is 4. The summed E-state index contributed by atoms with van der Waals surface area (Å²) in [6.45, 7) is 0. The van der Waals surface area contributed by atoms with Crippen molar-refractivity contribution < 1.29 is 0 Å². The fourth-order valence-corrected chi connectivity index (χ4v) is 2.33. The molecule has 1 aromatic heterocycles. The van der Waals surface area contributed by atoms with E-state index in [0.29, 0.717) is 0 Å². The third-order valence-corrected chi connectivity index (χ3v) is 3.21. The van der Waals surface area contributed by atoms with Crippen LogP contribution in [0.1, 0.15) is 11.3 Å². The van der Waals surface area contributed by atoms with Gasteiger partial charge < -0.3 is 0 Å². The van der Waals surface area contributed by atoms with Crippen LogP contribution in [0.2, 0.25) is 0 Å². The van der Waals surface area contributed by atoms with Gasteiger partial charge in [0.25, 0.3) is 0 Å². The molecule has 96 valence electrons. The molecule has 0 spiro atoms. The summed E-state index contributed by atoms with van der Waals surface area (Å²) in [4.78, 5) is 0. The molecule has 0 saturated heterocycles. The molecule has 18 heavy (non-hydrogen) atoms. The smallest absolute Gasteiger partial charge is 0.0843 e. The molecule has 0 bridgehead atoms. The Labute approximate surface area is 114 Å². The monoisotopic (exact) mass is 309 g/mol. The standard InChI is InChI=1S/C12H16BrN5/c1-18-8-12(16-17-18)7-11(15-14)6-9-3-2-4-10(13)5-9/h2-5,8,11,15H,6-7,14H2,1H3. The maximum Gasteiger partial charge on any atom is 0.0843 e. The van der Waals surface area contributed by atoms with Gasteiger partial charge in [-0.05, 0) is 24.1 Å². The topological polar surface area (TPSA) is 68.8 Å². The molecular formula is C12H16BrN5. The van der Waals surface area contributed by atoms with Crippen LogP contribution < -0.4 is 11.3 Å². The molecule has 0 aliphatic heterocycles. The number of hydrazine groups is 1. The van der Waals surface area contributed by atoms with E-state index in [1.54, 1.807) is 4.68 Å². The van der Waals surface area contributed by atoms with E-state index in [4.69, 9.17) is 5.84 Å². The van der Waals surface area contributed by atoms with Gasteiger partial charge >= 0.3 is 0 Å².